The van der Waals surface area contributed by atoms with Crippen molar-refractivity contribution in [2.24, 2.45) is 0 Å². The molecule has 3 aliphatic rings. The fourth-order valence-electron chi connectivity index (χ4n) is 6.88. The van der Waals surface area contributed by atoms with E-state index in [-0.39, 0.29) is 46.1 Å². The van der Waals surface area contributed by atoms with Crippen molar-refractivity contribution in [3.63, 3.8) is 0 Å². The van der Waals surface area contributed by atoms with Gasteiger partial charge in [0.1, 0.15) is 41.4 Å². The number of terminal acetylenes is 1. The van der Waals surface area contributed by atoms with Crippen molar-refractivity contribution in [1.29, 1.82) is 0 Å². The molecular weight excluding hydrogens is 571 g/mol. The van der Waals surface area contributed by atoms with E-state index in [0.717, 1.165) is 25.0 Å². The lowest BCUT2D eigenvalue weighted by molar-refractivity contribution is 0.107. The Hall–Kier alpha value is -4.40. The van der Waals surface area contributed by atoms with E-state index < -0.39 is 23.3 Å². The van der Waals surface area contributed by atoms with Gasteiger partial charge in [0.25, 0.3) is 0 Å². The van der Waals surface area contributed by atoms with Gasteiger partial charge in [0.2, 0.25) is 0 Å². The molecule has 226 valence electrons. The molecule has 2 aromatic carbocycles. The smallest absolute Gasteiger partial charge is 0.319 e. The number of ether oxygens (including phenoxy) is 2. The van der Waals surface area contributed by atoms with Crippen LogP contribution < -0.4 is 9.64 Å². The molecule has 3 fully saturated rings. The van der Waals surface area contributed by atoms with Crippen LogP contribution in [0.2, 0.25) is 0 Å². The van der Waals surface area contributed by atoms with Gasteiger partial charge in [0, 0.05) is 43.2 Å². The van der Waals surface area contributed by atoms with E-state index in [1.54, 1.807) is 0 Å². The number of hydrogen-bond acceptors (Lipinski definition) is 8. The second kappa shape index (κ2) is 10.9. The topological polar surface area (TPSA) is 83.8 Å². The van der Waals surface area contributed by atoms with Crippen LogP contribution in [0, 0.1) is 24.0 Å². The molecule has 44 heavy (non-hydrogen) atoms. The normalized spacial score (nSPS) is 22.4. The Labute approximate surface area is 252 Å². The minimum Gasteiger partial charge on any atom is -0.508 e. The number of halogens is 3. The van der Waals surface area contributed by atoms with Gasteiger partial charge < -0.3 is 19.5 Å². The van der Waals surface area contributed by atoms with Crippen molar-refractivity contribution in [3.8, 4) is 35.4 Å². The van der Waals surface area contributed by atoms with E-state index in [1.165, 1.54) is 30.5 Å². The first-order valence-corrected chi connectivity index (χ1v) is 14.6. The molecule has 7 rings (SSSR count). The van der Waals surface area contributed by atoms with Gasteiger partial charge in [-0.25, -0.2) is 13.2 Å². The van der Waals surface area contributed by atoms with Gasteiger partial charge in [-0.2, -0.15) is 9.97 Å². The third-order valence-electron chi connectivity index (χ3n) is 8.85. The quantitative estimate of drug-likeness (QED) is 0.248. The zero-order valence-electron chi connectivity index (χ0n) is 24.0. The Morgan fingerprint density at radius 1 is 1.23 bits per heavy atom. The molecular formula is C33H30F3N5O3. The molecule has 2 atom stereocenters. The van der Waals surface area contributed by atoms with Crippen LogP contribution in [-0.4, -0.2) is 82.7 Å². The molecule has 0 amide bonds. The standard InChI is InChI=1S/C33H30F3N5O3/c1-3-23-26(35)6-5-20-11-22(42)12-24(27(20)23)29-28(36)30-25(14-37-29)31(40-9-10-43-17-19(2)15-40)39-32(38-30)44-18-33-7-4-8-41(33)16-21(34)13-33/h1,5-6,11-12,14,21,42H,2,4,7-10,13,15-18H2/t21-,33+/m1/s1. The zero-order chi connectivity index (χ0) is 30.6. The average molecular weight is 602 g/mol. The van der Waals surface area contributed by atoms with Crippen molar-refractivity contribution in [2.45, 2.75) is 31.0 Å². The molecule has 4 aromatic rings. The Kier molecular flexibility index (Phi) is 7.06. The van der Waals surface area contributed by atoms with Crippen molar-refractivity contribution in [3.05, 3.63) is 59.8 Å². The highest BCUT2D eigenvalue weighted by atomic mass is 19.1. The van der Waals surface area contributed by atoms with Gasteiger partial charge in [0.05, 0.1) is 29.7 Å². The third-order valence-corrected chi connectivity index (χ3v) is 8.85. The molecule has 0 bridgehead atoms. The number of rotatable bonds is 5. The molecule has 11 heteroatoms. The molecule has 3 aliphatic heterocycles. The first-order chi connectivity index (χ1) is 21.3. The van der Waals surface area contributed by atoms with Crippen LogP contribution in [0.3, 0.4) is 0 Å². The van der Waals surface area contributed by atoms with Crippen LogP contribution in [0.15, 0.2) is 42.6 Å². The van der Waals surface area contributed by atoms with Gasteiger partial charge >= 0.3 is 6.01 Å². The summed E-state index contributed by atoms with van der Waals surface area (Å²) in [7, 11) is 0. The number of aromatic nitrogens is 3. The summed E-state index contributed by atoms with van der Waals surface area (Å²) in [5.74, 6) is 1.11. The Morgan fingerprint density at radius 2 is 2.09 bits per heavy atom. The van der Waals surface area contributed by atoms with Gasteiger partial charge in [-0.15, -0.1) is 6.42 Å². The molecule has 3 saturated heterocycles. The second-order valence-electron chi connectivity index (χ2n) is 11.8. The molecule has 8 nitrogen and oxygen atoms in total. The van der Waals surface area contributed by atoms with Gasteiger partial charge in [0.15, 0.2) is 5.82 Å². The number of nitrogens with zero attached hydrogens (tertiary/aromatic N) is 5. The molecule has 0 radical (unpaired) electrons. The Balaban J connectivity index is 1.39. The number of phenols is 1. The lowest BCUT2D eigenvalue weighted by Crippen LogP contribution is -2.43. The van der Waals surface area contributed by atoms with E-state index in [2.05, 4.69) is 27.4 Å². The SMILES string of the molecule is C#Cc1c(F)ccc2cc(O)cc(-c3ncc4c(N5CCOCC(=C)C5)nc(OC[C@@]56CCCN5C[C@H](F)C6)nc4c3F)c12. The van der Waals surface area contributed by atoms with Crippen molar-refractivity contribution in [1.82, 2.24) is 19.9 Å². The van der Waals surface area contributed by atoms with Crippen LogP contribution in [0.1, 0.15) is 24.8 Å². The molecule has 0 unspecified atom stereocenters. The lowest BCUT2D eigenvalue weighted by atomic mass is 9.95. The number of aromatic hydroxyl groups is 1. The van der Waals surface area contributed by atoms with Crippen LogP contribution in [0.25, 0.3) is 32.9 Å². The Bertz CT molecular complexity index is 1860. The van der Waals surface area contributed by atoms with Crippen LogP contribution >= 0.6 is 0 Å². The number of benzene rings is 2. The predicted molar refractivity (Wildman–Crippen MR) is 161 cm³/mol. The fourth-order valence-corrected chi connectivity index (χ4v) is 6.88. The second-order valence-corrected chi connectivity index (χ2v) is 11.8. The number of hydrogen-bond donors (Lipinski definition) is 1. The maximum atomic E-state index is 16.7. The van der Waals surface area contributed by atoms with Gasteiger partial charge in [-0.3, -0.25) is 9.88 Å². The summed E-state index contributed by atoms with van der Waals surface area (Å²) >= 11 is 0. The van der Waals surface area contributed by atoms with Crippen LogP contribution in [-0.2, 0) is 4.74 Å². The van der Waals surface area contributed by atoms with E-state index in [0.29, 0.717) is 55.9 Å². The van der Waals surface area contributed by atoms with Crippen molar-refractivity contribution >= 4 is 27.5 Å². The summed E-state index contributed by atoms with van der Waals surface area (Å²) in [6, 6.07) is 5.34. The summed E-state index contributed by atoms with van der Waals surface area (Å²) in [4.78, 5) is 17.7. The monoisotopic (exact) mass is 601 g/mol. The zero-order valence-corrected chi connectivity index (χ0v) is 24.0. The fraction of sp³-hybridized carbons (Fsp3) is 0.364. The summed E-state index contributed by atoms with van der Waals surface area (Å²) in [5, 5.41) is 11.5. The van der Waals surface area contributed by atoms with Gasteiger partial charge in [-0.1, -0.05) is 18.6 Å². The van der Waals surface area contributed by atoms with Gasteiger partial charge in [-0.05, 0) is 48.5 Å². The minimum absolute atomic E-state index is 0.0565. The molecule has 0 spiro atoms. The maximum absolute atomic E-state index is 16.7. The van der Waals surface area contributed by atoms with E-state index >= 15 is 4.39 Å². The highest BCUT2D eigenvalue weighted by Crippen LogP contribution is 2.41. The number of alkyl halides is 1. The summed E-state index contributed by atoms with van der Waals surface area (Å²) < 4.78 is 57.7. The number of fused-ring (bicyclic) bond motifs is 3. The summed E-state index contributed by atoms with van der Waals surface area (Å²) in [6.07, 6.45) is 8.26. The molecule has 0 aliphatic carbocycles. The van der Waals surface area contributed by atoms with Crippen molar-refractivity contribution in [2.75, 3.05) is 50.9 Å². The predicted octanol–water partition coefficient (Wildman–Crippen LogP) is 5.16. The highest BCUT2D eigenvalue weighted by molar-refractivity contribution is 6.03. The third kappa shape index (κ3) is 4.78. The molecule has 0 saturated carbocycles. The lowest BCUT2D eigenvalue weighted by Gasteiger charge is -2.31. The maximum Gasteiger partial charge on any atom is 0.319 e. The first kappa shape index (κ1) is 28.4. The average Bonchev–Trinajstić information content (AvgIpc) is 3.43. The minimum atomic E-state index is -0.934. The van der Waals surface area contributed by atoms with Crippen LogP contribution in [0.4, 0.5) is 19.0 Å². The highest BCUT2D eigenvalue weighted by Gasteiger charge is 2.49. The van der Waals surface area contributed by atoms with E-state index in [1.807, 2.05) is 4.90 Å². The summed E-state index contributed by atoms with van der Waals surface area (Å²) in [6.45, 7) is 7.06. The first-order valence-electron chi connectivity index (χ1n) is 14.6. The molecule has 1 N–H and O–H groups in total. The largest absolute Gasteiger partial charge is 0.508 e. The summed E-state index contributed by atoms with van der Waals surface area (Å²) in [5.41, 5.74) is 0.162. The van der Waals surface area contributed by atoms with Crippen LogP contribution in [0.5, 0.6) is 11.8 Å². The number of anilines is 1. The molecule has 5 heterocycles. The van der Waals surface area contributed by atoms with Crippen molar-refractivity contribution < 1.29 is 27.8 Å². The van der Waals surface area contributed by atoms with E-state index in [9.17, 15) is 13.9 Å². The number of phenolic OH excluding ortho intramolecular Hbond substituents is 1. The Morgan fingerprint density at radius 3 is 2.93 bits per heavy atom. The van der Waals surface area contributed by atoms with E-state index in [4.69, 9.17) is 20.9 Å². The molecule has 2 aromatic heterocycles. The number of pyridine rings is 1.